The lowest BCUT2D eigenvalue weighted by atomic mass is 9.64. The highest BCUT2D eigenvalue weighted by atomic mass is 16.5. The Morgan fingerprint density at radius 3 is 2.79 bits per heavy atom. The van der Waals surface area contributed by atoms with Gasteiger partial charge in [-0.3, -0.25) is 19.8 Å². The summed E-state index contributed by atoms with van der Waals surface area (Å²) >= 11 is 0. The van der Waals surface area contributed by atoms with Crippen molar-refractivity contribution in [3.8, 4) is 6.07 Å². The van der Waals surface area contributed by atoms with Crippen molar-refractivity contribution >= 4 is 35.5 Å². The highest BCUT2D eigenvalue weighted by molar-refractivity contribution is 6.03. The molecule has 2 fully saturated rings. The van der Waals surface area contributed by atoms with E-state index in [1.54, 1.807) is 30.2 Å². The molecule has 204 valence electrons. The number of hydrogen-bond donors (Lipinski definition) is 3. The van der Waals surface area contributed by atoms with Crippen LogP contribution in [0.3, 0.4) is 0 Å². The number of carbonyl (C=O) groups is 3. The number of nitrogens with zero attached hydrogens (tertiary/aromatic N) is 5. The summed E-state index contributed by atoms with van der Waals surface area (Å²) in [6.45, 7) is 0.235. The van der Waals surface area contributed by atoms with Gasteiger partial charge in [0, 0.05) is 31.0 Å². The Morgan fingerprint density at radius 2 is 2.10 bits per heavy atom. The van der Waals surface area contributed by atoms with E-state index in [4.69, 9.17) is 4.74 Å². The molecule has 3 amide bonds. The molecule has 0 aromatic carbocycles. The van der Waals surface area contributed by atoms with Gasteiger partial charge in [0.15, 0.2) is 6.29 Å². The van der Waals surface area contributed by atoms with E-state index in [-0.39, 0.29) is 42.2 Å². The van der Waals surface area contributed by atoms with E-state index in [9.17, 15) is 19.6 Å². The van der Waals surface area contributed by atoms with Crippen molar-refractivity contribution in [3.05, 3.63) is 41.2 Å². The molecule has 12 heteroatoms. The van der Waals surface area contributed by atoms with Crippen LogP contribution in [0.2, 0.25) is 0 Å². The molecule has 4 aliphatic rings. The van der Waals surface area contributed by atoms with Crippen molar-refractivity contribution < 1.29 is 19.1 Å². The van der Waals surface area contributed by atoms with Crippen LogP contribution in [0.4, 0.5) is 22.1 Å². The molecule has 2 aliphatic carbocycles. The third-order valence-electron chi connectivity index (χ3n) is 7.71. The minimum absolute atomic E-state index is 0.0443. The summed E-state index contributed by atoms with van der Waals surface area (Å²) in [5.41, 5.74) is 1.19. The molecule has 2 saturated carbocycles. The van der Waals surface area contributed by atoms with Gasteiger partial charge in [0.25, 0.3) is 0 Å². The molecule has 2 aromatic heterocycles. The van der Waals surface area contributed by atoms with E-state index < -0.39 is 11.6 Å². The second-order valence-electron chi connectivity index (χ2n) is 10.6. The Bertz CT molecular complexity index is 1330. The van der Waals surface area contributed by atoms with Crippen LogP contribution in [0.1, 0.15) is 53.7 Å². The van der Waals surface area contributed by atoms with Gasteiger partial charge in [0.05, 0.1) is 35.5 Å². The average Bonchev–Trinajstić information content (AvgIpc) is 3.34. The molecule has 0 spiro atoms. The van der Waals surface area contributed by atoms with Crippen molar-refractivity contribution in [3.63, 3.8) is 0 Å². The average molecular weight is 533 g/mol. The van der Waals surface area contributed by atoms with Crippen LogP contribution < -0.4 is 20.9 Å². The number of anilines is 3. The van der Waals surface area contributed by atoms with Crippen molar-refractivity contribution in [1.29, 1.82) is 5.26 Å². The summed E-state index contributed by atoms with van der Waals surface area (Å²) in [6, 6.07) is 6.53. The fourth-order valence-electron chi connectivity index (χ4n) is 5.91. The molecule has 12 nitrogen and oxygen atoms in total. The van der Waals surface area contributed by atoms with E-state index in [1.165, 1.54) is 11.1 Å². The van der Waals surface area contributed by atoms with Crippen LogP contribution in [0.5, 0.6) is 0 Å². The maximum Gasteiger partial charge on any atom is 0.328 e. The maximum absolute atomic E-state index is 13.6. The van der Waals surface area contributed by atoms with Gasteiger partial charge in [-0.15, -0.1) is 0 Å². The zero-order valence-corrected chi connectivity index (χ0v) is 22.2. The number of urea groups is 1. The van der Waals surface area contributed by atoms with Crippen molar-refractivity contribution in [2.24, 2.45) is 0 Å². The number of likely N-dealkylation sites (N-methyl/N-ethyl adjacent to an activating group) is 1. The van der Waals surface area contributed by atoms with Gasteiger partial charge in [-0.25, -0.2) is 14.8 Å². The first-order valence-electron chi connectivity index (χ1n) is 13.0. The Balaban J connectivity index is 1.39. The molecule has 2 atom stereocenters. The lowest BCUT2D eigenvalue weighted by molar-refractivity contribution is -0.125. The smallest absolute Gasteiger partial charge is 0.328 e. The van der Waals surface area contributed by atoms with Gasteiger partial charge in [0.1, 0.15) is 23.4 Å². The largest absolute Gasteiger partial charge is 0.379 e. The molecule has 0 radical (unpaired) electrons. The first-order valence-corrected chi connectivity index (χ1v) is 13.0. The quantitative estimate of drug-likeness (QED) is 0.435. The Kier molecular flexibility index (Phi) is 7.20. The lowest BCUT2D eigenvalue weighted by Crippen LogP contribution is -2.67. The standard InChI is InChI=1S/C27H32N8O4/c1-34(2)14-24(37)33-27-10-18(11-27)35(25-19(27)8-7-17(15-36)30-25)26(38)32-23-9-21(16(12-28)13-29-23)31-20-5-4-6-22(20)39-3/h7-9,13,15,18,20,22H,4-6,10-11,14H2,1-3H3,(H,33,37)(H2,29,31,32,38). The number of aldehydes is 1. The zero-order chi connectivity index (χ0) is 27.7. The third-order valence-corrected chi connectivity index (χ3v) is 7.71. The predicted molar refractivity (Wildman–Crippen MR) is 144 cm³/mol. The monoisotopic (exact) mass is 532 g/mol. The summed E-state index contributed by atoms with van der Waals surface area (Å²) in [6.07, 6.45) is 6.04. The zero-order valence-electron chi connectivity index (χ0n) is 22.2. The van der Waals surface area contributed by atoms with Gasteiger partial charge in [-0.1, -0.05) is 6.07 Å². The molecule has 39 heavy (non-hydrogen) atoms. The summed E-state index contributed by atoms with van der Waals surface area (Å²) in [7, 11) is 5.32. The highest BCUT2D eigenvalue weighted by Crippen LogP contribution is 2.53. The minimum atomic E-state index is -0.638. The summed E-state index contributed by atoms with van der Waals surface area (Å²) in [5.74, 6) is 0.490. The first kappa shape index (κ1) is 26.5. The second-order valence-corrected chi connectivity index (χ2v) is 10.6. The van der Waals surface area contributed by atoms with Crippen LogP contribution in [-0.2, 0) is 15.1 Å². The number of methoxy groups -OCH3 is 1. The second kappa shape index (κ2) is 10.6. The SMILES string of the molecule is COC1CCCC1Nc1cc(NC(=O)N2c3nc(C=O)ccc3C3(NC(=O)CN(C)C)CC2C3)ncc1C#N. The number of carbonyl (C=O) groups excluding carboxylic acids is 3. The summed E-state index contributed by atoms with van der Waals surface area (Å²) < 4.78 is 5.57. The topological polar surface area (TPSA) is 153 Å². The van der Waals surface area contributed by atoms with Crippen LogP contribution in [0.25, 0.3) is 0 Å². The Hall–Kier alpha value is -4.08. The first-order chi connectivity index (χ1) is 18.8. The van der Waals surface area contributed by atoms with Gasteiger partial charge >= 0.3 is 6.03 Å². The van der Waals surface area contributed by atoms with Gasteiger partial charge in [0.2, 0.25) is 5.91 Å². The van der Waals surface area contributed by atoms with Crippen LogP contribution in [-0.4, -0.2) is 79.0 Å². The third kappa shape index (κ3) is 5.03. The number of rotatable bonds is 8. The lowest BCUT2D eigenvalue weighted by Gasteiger charge is -2.57. The van der Waals surface area contributed by atoms with Crippen molar-refractivity contribution in [2.75, 3.05) is 43.3 Å². The molecule has 2 bridgehead atoms. The van der Waals surface area contributed by atoms with Crippen molar-refractivity contribution in [1.82, 2.24) is 20.2 Å². The normalized spacial score (nSPS) is 24.8. The van der Waals surface area contributed by atoms with E-state index >= 15 is 0 Å². The number of nitriles is 1. The Labute approximate surface area is 226 Å². The molecule has 6 rings (SSSR count). The molecule has 2 aromatic rings. The van der Waals surface area contributed by atoms with Crippen molar-refractivity contribution in [2.45, 2.75) is 55.8 Å². The summed E-state index contributed by atoms with van der Waals surface area (Å²) in [5, 5.41) is 19.0. The van der Waals surface area contributed by atoms with E-state index in [2.05, 4.69) is 32.0 Å². The summed E-state index contributed by atoms with van der Waals surface area (Å²) in [4.78, 5) is 49.8. The molecular weight excluding hydrogens is 500 g/mol. The number of nitrogens with one attached hydrogen (secondary N) is 3. The van der Waals surface area contributed by atoms with Crippen LogP contribution in [0.15, 0.2) is 24.4 Å². The fraction of sp³-hybridized carbons (Fsp3) is 0.481. The van der Waals surface area contributed by atoms with Crippen LogP contribution in [0, 0.1) is 11.3 Å². The maximum atomic E-state index is 13.6. The predicted octanol–water partition coefficient (Wildman–Crippen LogP) is 2.23. The number of ether oxygens (including phenoxy) is 1. The van der Waals surface area contributed by atoms with E-state index in [0.29, 0.717) is 41.8 Å². The minimum Gasteiger partial charge on any atom is -0.379 e. The molecule has 4 heterocycles. The van der Waals surface area contributed by atoms with E-state index in [1.807, 2.05) is 14.1 Å². The number of aromatic nitrogens is 2. The molecule has 3 N–H and O–H groups in total. The van der Waals surface area contributed by atoms with Gasteiger partial charge in [-0.05, 0) is 52.3 Å². The number of amides is 3. The molecular formula is C27H32N8O4. The van der Waals surface area contributed by atoms with Crippen LogP contribution >= 0.6 is 0 Å². The highest BCUT2D eigenvalue weighted by Gasteiger charge is 2.57. The molecule has 2 aliphatic heterocycles. The Morgan fingerprint density at radius 1 is 1.31 bits per heavy atom. The van der Waals surface area contributed by atoms with Gasteiger partial charge < -0.3 is 20.3 Å². The number of pyridine rings is 2. The fourth-order valence-corrected chi connectivity index (χ4v) is 5.91. The number of hydrogen-bond acceptors (Lipinski definition) is 9. The van der Waals surface area contributed by atoms with E-state index in [0.717, 1.165) is 19.3 Å². The van der Waals surface area contributed by atoms with Gasteiger partial charge in [-0.2, -0.15) is 5.26 Å². The molecule has 2 unspecified atom stereocenters. The molecule has 0 saturated heterocycles.